The van der Waals surface area contributed by atoms with E-state index in [4.69, 9.17) is 32.4 Å². The molecule has 2 amide bonds. The van der Waals surface area contributed by atoms with Gasteiger partial charge in [-0.25, -0.2) is 0 Å². The molecule has 1 fully saturated rings. The van der Waals surface area contributed by atoms with Gasteiger partial charge >= 0.3 is 0 Å². The molecule has 1 atom stereocenters. The van der Waals surface area contributed by atoms with E-state index in [1.54, 1.807) is 32.3 Å². The third-order valence-electron chi connectivity index (χ3n) is 6.26. The van der Waals surface area contributed by atoms with E-state index in [2.05, 4.69) is 41.6 Å². The highest BCUT2D eigenvalue weighted by atomic mass is 35.5. The molecule has 1 unspecified atom stereocenters. The number of halogens is 2. The van der Waals surface area contributed by atoms with E-state index >= 15 is 0 Å². The van der Waals surface area contributed by atoms with E-state index in [1.165, 1.54) is 43.8 Å². The summed E-state index contributed by atoms with van der Waals surface area (Å²) in [7, 11) is 1.54. The van der Waals surface area contributed by atoms with Crippen molar-refractivity contribution >= 4 is 40.7 Å². The summed E-state index contributed by atoms with van der Waals surface area (Å²) in [6, 6.07) is 10.0. The number of hydrogen-bond acceptors (Lipinski definition) is 5. The predicted octanol–water partition coefficient (Wildman–Crippen LogP) is 9.53. The molecule has 1 saturated heterocycles. The fraction of sp³-hybridized carbons (Fsp3) is 0.486. The molecule has 1 aliphatic heterocycles. The molecule has 0 bridgehead atoms. The van der Waals surface area contributed by atoms with Crippen molar-refractivity contribution in [1.82, 2.24) is 10.6 Å². The lowest BCUT2D eigenvalue weighted by Gasteiger charge is -2.21. The molecule has 9 heteroatoms. The third-order valence-corrected chi connectivity index (χ3v) is 6.48. The molecule has 0 spiro atoms. The van der Waals surface area contributed by atoms with Crippen LogP contribution in [0.3, 0.4) is 0 Å². The van der Waals surface area contributed by atoms with Crippen LogP contribution in [0.4, 0.5) is 5.69 Å². The number of benzene rings is 1. The van der Waals surface area contributed by atoms with Crippen molar-refractivity contribution in [2.45, 2.75) is 85.5 Å². The number of nitrogens with one attached hydrogen (secondary N) is 3. The Hall–Kier alpha value is -3.00. The molecule has 1 aromatic heterocycles. The maximum absolute atomic E-state index is 11.4. The van der Waals surface area contributed by atoms with Gasteiger partial charge in [0.1, 0.15) is 12.0 Å². The van der Waals surface area contributed by atoms with Crippen molar-refractivity contribution < 1.29 is 18.7 Å². The second kappa shape index (κ2) is 26.4. The number of allylic oxidation sites excluding steroid dienone is 4. The Kier molecular flexibility index (Phi) is 24.6. The van der Waals surface area contributed by atoms with E-state index in [9.17, 15) is 9.59 Å². The van der Waals surface area contributed by atoms with Gasteiger partial charge in [0.05, 0.1) is 18.9 Å². The SMILES string of the molecule is C=C(Cl)/C=C(\C=C(/C)Cl)OC.CC.CCC(=O)Nc1cccc(C2CCCCNCC2)c1.CCCCNC(=O)c1ccoc1. The Balaban J connectivity index is 0.000000646. The number of amides is 2. The first-order valence-corrected chi connectivity index (χ1v) is 16.3. The second-order valence-electron chi connectivity index (χ2n) is 9.81. The van der Waals surface area contributed by atoms with Crippen molar-refractivity contribution in [2.24, 2.45) is 0 Å². The van der Waals surface area contributed by atoms with Gasteiger partial charge in [-0.1, -0.05) is 82.5 Å². The first-order chi connectivity index (χ1) is 21.2. The number of ether oxygens (including phenoxy) is 1. The Morgan fingerprint density at radius 2 is 1.86 bits per heavy atom. The zero-order chi connectivity index (χ0) is 33.2. The summed E-state index contributed by atoms with van der Waals surface area (Å²) in [6.07, 6.45) is 13.8. The minimum Gasteiger partial charge on any atom is -0.497 e. The van der Waals surface area contributed by atoms with Crippen LogP contribution in [-0.2, 0) is 9.53 Å². The lowest BCUT2D eigenvalue weighted by Crippen LogP contribution is -2.23. The highest BCUT2D eigenvalue weighted by molar-refractivity contribution is 6.31. The number of methoxy groups -OCH3 is 1. The number of carbonyl (C=O) groups excluding carboxylic acids is 2. The highest BCUT2D eigenvalue weighted by Crippen LogP contribution is 2.28. The first-order valence-electron chi connectivity index (χ1n) is 15.5. The number of furan rings is 1. The quantitative estimate of drug-likeness (QED) is 0.135. The van der Waals surface area contributed by atoms with Crippen LogP contribution >= 0.6 is 23.2 Å². The fourth-order valence-electron chi connectivity index (χ4n) is 4.02. The summed E-state index contributed by atoms with van der Waals surface area (Å²) < 4.78 is 9.71. The maximum atomic E-state index is 11.4. The summed E-state index contributed by atoms with van der Waals surface area (Å²) in [5.41, 5.74) is 2.88. The minimum absolute atomic E-state index is 0.0581. The number of rotatable bonds is 10. The van der Waals surface area contributed by atoms with Crippen LogP contribution < -0.4 is 16.0 Å². The van der Waals surface area contributed by atoms with Crippen LogP contribution in [0.15, 0.2) is 81.8 Å². The van der Waals surface area contributed by atoms with Crippen LogP contribution in [0.2, 0.25) is 0 Å². The zero-order valence-electron chi connectivity index (χ0n) is 27.4. The van der Waals surface area contributed by atoms with E-state index in [-0.39, 0.29) is 11.8 Å². The second-order valence-corrected chi connectivity index (χ2v) is 10.9. The smallest absolute Gasteiger partial charge is 0.254 e. The standard InChI is InChI=1S/C16H24N2O.C9H13NO2.C8H10Cl2O.C2H6/c1-2-16(19)18-15-8-5-7-14(12-15)13-6-3-4-10-17-11-9-13;1-2-3-5-10-9(11)8-4-6-12-7-8;1-6(9)4-8(11-3)5-7(2)10;1-2/h5,7-8,12-13,17H,2-4,6,9-11H2,1H3,(H,18,19);4,6-7H,2-3,5H2,1H3,(H,10,11);4-5H,1H2,2-3H3;1-2H3/b;;7-5+,8-4+;. The van der Waals surface area contributed by atoms with Gasteiger partial charge in [0.2, 0.25) is 5.91 Å². The molecule has 246 valence electrons. The van der Waals surface area contributed by atoms with Gasteiger partial charge in [0.25, 0.3) is 5.91 Å². The summed E-state index contributed by atoms with van der Waals surface area (Å²) in [5, 5.41) is 10.3. The lowest BCUT2D eigenvalue weighted by molar-refractivity contribution is -0.115. The van der Waals surface area contributed by atoms with Gasteiger partial charge in [-0.05, 0) is 87.5 Å². The Morgan fingerprint density at radius 1 is 1.11 bits per heavy atom. The predicted molar refractivity (Wildman–Crippen MR) is 186 cm³/mol. The molecule has 0 radical (unpaired) electrons. The van der Waals surface area contributed by atoms with E-state index in [0.717, 1.165) is 38.2 Å². The van der Waals surface area contributed by atoms with Crippen molar-refractivity contribution in [3.8, 4) is 0 Å². The van der Waals surface area contributed by atoms with Crippen molar-refractivity contribution in [2.75, 3.05) is 32.1 Å². The summed E-state index contributed by atoms with van der Waals surface area (Å²) in [4.78, 5) is 22.7. The molecule has 2 heterocycles. The monoisotopic (exact) mass is 649 g/mol. The van der Waals surface area contributed by atoms with E-state index < -0.39 is 0 Å². The van der Waals surface area contributed by atoms with Crippen LogP contribution in [-0.4, -0.2) is 38.6 Å². The lowest BCUT2D eigenvalue weighted by atomic mass is 9.89. The summed E-state index contributed by atoms with van der Waals surface area (Å²) in [6.45, 7) is 16.2. The van der Waals surface area contributed by atoms with Gasteiger partial charge in [-0.2, -0.15) is 0 Å². The Labute approximate surface area is 275 Å². The molecule has 3 N–H and O–H groups in total. The van der Waals surface area contributed by atoms with Crippen LogP contribution in [0.25, 0.3) is 0 Å². The Bertz CT molecular complexity index is 1120. The normalized spacial score (nSPS) is 14.9. The molecule has 1 aliphatic rings. The molecular weight excluding hydrogens is 597 g/mol. The van der Waals surface area contributed by atoms with Gasteiger partial charge in [0, 0.05) is 28.7 Å². The molecule has 0 aliphatic carbocycles. The molecule has 1 aromatic carbocycles. The van der Waals surface area contributed by atoms with E-state index in [1.807, 2.05) is 32.9 Å². The average molecular weight is 651 g/mol. The minimum atomic E-state index is -0.0581. The number of unbranched alkanes of at least 4 members (excludes halogenated alkanes) is 1. The third kappa shape index (κ3) is 20.0. The topological polar surface area (TPSA) is 92.6 Å². The van der Waals surface area contributed by atoms with Gasteiger partial charge in [0.15, 0.2) is 0 Å². The van der Waals surface area contributed by atoms with Crippen LogP contribution in [0.5, 0.6) is 0 Å². The van der Waals surface area contributed by atoms with Gasteiger partial charge in [-0.15, -0.1) is 0 Å². The van der Waals surface area contributed by atoms with Crippen LogP contribution in [0.1, 0.15) is 101 Å². The summed E-state index contributed by atoms with van der Waals surface area (Å²) >= 11 is 11.1. The van der Waals surface area contributed by atoms with Crippen molar-refractivity contribution in [3.05, 3.63) is 88.5 Å². The van der Waals surface area contributed by atoms with E-state index in [0.29, 0.717) is 33.7 Å². The maximum Gasteiger partial charge on any atom is 0.254 e. The van der Waals surface area contributed by atoms with Crippen LogP contribution in [0, 0.1) is 0 Å². The number of anilines is 1. The molecule has 2 aromatic rings. The molecule has 0 saturated carbocycles. The fourth-order valence-corrected chi connectivity index (χ4v) is 4.24. The molecular formula is C35H53Cl2N3O4. The highest BCUT2D eigenvalue weighted by Gasteiger charge is 2.14. The average Bonchev–Trinajstić information content (AvgIpc) is 3.54. The zero-order valence-corrected chi connectivity index (χ0v) is 29.0. The molecule has 7 nitrogen and oxygen atoms in total. The number of hydrogen-bond donors (Lipinski definition) is 3. The largest absolute Gasteiger partial charge is 0.497 e. The number of carbonyl (C=O) groups is 2. The first kappa shape index (κ1) is 41.0. The van der Waals surface area contributed by atoms with Crippen molar-refractivity contribution in [3.63, 3.8) is 0 Å². The summed E-state index contributed by atoms with van der Waals surface area (Å²) in [5.74, 6) is 1.23. The Morgan fingerprint density at radius 3 is 2.45 bits per heavy atom. The van der Waals surface area contributed by atoms with Crippen molar-refractivity contribution in [1.29, 1.82) is 0 Å². The van der Waals surface area contributed by atoms with Gasteiger partial charge in [-0.3, -0.25) is 9.59 Å². The molecule has 3 rings (SSSR count). The molecule has 44 heavy (non-hydrogen) atoms. The van der Waals surface area contributed by atoms with Gasteiger partial charge < -0.3 is 25.1 Å².